The van der Waals surface area contributed by atoms with Crippen LogP contribution in [0.15, 0.2) is 36.9 Å². The Kier molecular flexibility index (Phi) is 4.05. The molecule has 6 heteroatoms. The van der Waals surface area contributed by atoms with E-state index in [0.717, 1.165) is 0 Å². The average Bonchev–Trinajstić information content (AvgIpc) is 2.45. The second-order valence-electron chi connectivity index (χ2n) is 3.99. The highest BCUT2D eigenvalue weighted by atomic mass is 16.5. The number of aromatic nitrogens is 2. The first-order valence-electron chi connectivity index (χ1n) is 5.85. The molecule has 0 fully saturated rings. The fourth-order valence-corrected chi connectivity index (χ4v) is 1.76. The molecule has 0 bridgehead atoms. The highest BCUT2D eigenvalue weighted by Crippen LogP contribution is 2.21. The molecule has 0 unspecified atom stereocenters. The van der Waals surface area contributed by atoms with Crippen molar-refractivity contribution in [3.63, 3.8) is 0 Å². The van der Waals surface area contributed by atoms with Gasteiger partial charge in [-0.25, -0.2) is 0 Å². The zero-order valence-corrected chi connectivity index (χ0v) is 11.1. The third-order valence-corrected chi connectivity index (χ3v) is 2.73. The van der Waals surface area contributed by atoms with E-state index in [2.05, 4.69) is 0 Å². The van der Waals surface area contributed by atoms with Crippen molar-refractivity contribution in [1.29, 1.82) is 0 Å². The first kappa shape index (κ1) is 13.7. The Bertz CT molecular complexity index is 586. The number of methoxy groups -OCH3 is 2. The van der Waals surface area contributed by atoms with Gasteiger partial charge in [0.25, 0.3) is 0 Å². The first-order chi connectivity index (χ1) is 9.63. The summed E-state index contributed by atoms with van der Waals surface area (Å²) < 4.78 is 11.7. The van der Waals surface area contributed by atoms with E-state index in [1.54, 1.807) is 24.3 Å². The van der Waals surface area contributed by atoms with Crippen LogP contribution in [0.2, 0.25) is 0 Å². The van der Waals surface area contributed by atoms with Crippen LogP contribution in [-0.4, -0.2) is 14.2 Å². The predicted molar refractivity (Wildman–Crippen MR) is 72.8 cm³/mol. The van der Waals surface area contributed by atoms with Crippen molar-refractivity contribution >= 4 is 12.2 Å². The van der Waals surface area contributed by atoms with E-state index in [1.165, 1.54) is 39.0 Å². The monoisotopic (exact) mass is 274 g/mol. The van der Waals surface area contributed by atoms with Crippen molar-refractivity contribution < 1.29 is 18.9 Å². The second-order valence-corrected chi connectivity index (χ2v) is 3.99. The highest BCUT2D eigenvalue weighted by molar-refractivity contribution is 5.73. The summed E-state index contributed by atoms with van der Waals surface area (Å²) in [6.45, 7) is 0. The van der Waals surface area contributed by atoms with Gasteiger partial charge in [-0.05, 0) is 12.2 Å². The Morgan fingerprint density at radius 3 is 1.60 bits per heavy atom. The Hall–Kier alpha value is -2.76. The molecule has 2 aromatic heterocycles. The Morgan fingerprint density at radius 2 is 1.25 bits per heavy atom. The number of hydrogen-bond donors (Lipinski definition) is 0. The summed E-state index contributed by atoms with van der Waals surface area (Å²) >= 11 is 0. The summed E-state index contributed by atoms with van der Waals surface area (Å²) in [6, 6.07) is 3.14. The van der Waals surface area contributed by atoms with E-state index >= 15 is 0 Å². The molecule has 20 heavy (non-hydrogen) atoms. The van der Waals surface area contributed by atoms with Gasteiger partial charge in [0.2, 0.25) is 0 Å². The molecule has 104 valence electrons. The summed E-state index contributed by atoms with van der Waals surface area (Å²) in [4.78, 5) is 0. The molecule has 2 aromatic rings. The number of ether oxygens (including phenoxy) is 2. The van der Waals surface area contributed by atoms with Gasteiger partial charge in [0, 0.05) is 12.1 Å². The highest BCUT2D eigenvalue weighted by Gasteiger charge is 2.07. The van der Waals surface area contributed by atoms with Crippen LogP contribution < -0.4 is 18.9 Å². The van der Waals surface area contributed by atoms with Crippen molar-refractivity contribution in [2.24, 2.45) is 0 Å². The van der Waals surface area contributed by atoms with Gasteiger partial charge < -0.3 is 19.9 Å². The van der Waals surface area contributed by atoms with Crippen molar-refractivity contribution in [3.05, 3.63) is 58.5 Å². The minimum Gasteiger partial charge on any atom is -0.619 e. The molecular weight excluding hydrogens is 260 g/mol. The molecule has 0 N–H and O–H groups in total. The molecule has 0 amide bonds. The average molecular weight is 274 g/mol. The molecule has 0 aliphatic carbocycles. The van der Waals surface area contributed by atoms with Gasteiger partial charge in [0.15, 0.2) is 24.8 Å². The van der Waals surface area contributed by atoms with Crippen LogP contribution in [0.3, 0.4) is 0 Å². The van der Waals surface area contributed by atoms with Crippen molar-refractivity contribution in [1.82, 2.24) is 0 Å². The van der Waals surface area contributed by atoms with Crippen molar-refractivity contribution in [2.75, 3.05) is 14.2 Å². The normalized spacial score (nSPS) is 10.7. The molecule has 0 saturated heterocycles. The van der Waals surface area contributed by atoms with Crippen LogP contribution in [0.25, 0.3) is 12.2 Å². The van der Waals surface area contributed by atoms with E-state index in [4.69, 9.17) is 9.47 Å². The van der Waals surface area contributed by atoms with Crippen LogP contribution in [0.4, 0.5) is 0 Å². The van der Waals surface area contributed by atoms with Gasteiger partial charge in [0.05, 0.1) is 25.3 Å². The molecule has 2 heterocycles. The van der Waals surface area contributed by atoms with E-state index in [9.17, 15) is 10.4 Å². The van der Waals surface area contributed by atoms with E-state index in [0.29, 0.717) is 32.1 Å². The first-order valence-corrected chi connectivity index (χ1v) is 5.85. The SMILES string of the molecule is COc1cc[n+]([O-])cc1C=Cc1c[n+]([O-])ccc1OC. The van der Waals surface area contributed by atoms with Gasteiger partial charge >= 0.3 is 0 Å². The fraction of sp³-hybridized carbons (Fsp3) is 0.143. The lowest BCUT2D eigenvalue weighted by Gasteiger charge is -2.05. The third-order valence-electron chi connectivity index (χ3n) is 2.73. The number of rotatable bonds is 4. The lowest BCUT2D eigenvalue weighted by molar-refractivity contribution is -0.605. The summed E-state index contributed by atoms with van der Waals surface area (Å²) in [6.07, 6.45) is 8.85. The van der Waals surface area contributed by atoms with Gasteiger partial charge in [0.1, 0.15) is 11.5 Å². The quantitative estimate of drug-likeness (QED) is 0.619. The molecular formula is C14H14N2O4. The Labute approximate surface area is 116 Å². The van der Waals surface area contributed by atoms with Crippen LogP contribution in [0, 0.1) is 10.4 Å². The van der Waals surface area contributed by atoms with Crippen LogP contribution >= 0.6 is 0 Å². The number of nitrogens with zero attached hydrogens (tertiary/aromatic N) is 2. The smallest absolute Gasteiger partial charge is 0.191 e. The molecule has 0 aliphatic heterocycles. The topological polar surface area (TPSA) is 72.3 Å². The van der Waals surface area contributed by atoms with E-state index < -0.39 is 0 Å². The maximum Gasteiger partial charge on any atom is 0.191 e. The summed E-state index contributed by atoms with van der Waals surface area (Å²) in [5, 5.41) is 22.6. The van der Waals surface area contributed by atoms with Gasteiger partial charge in [-0.3, -0.25) is 0 Å². The van der Waals surface area contributed by atoms with E-state index in [-0.39, 0.29) is 0 Å². The predicted octanol–water partition coefficient (Wildman–Crippen LogP) is 1.14. The Balaban J connectivity index is 2.38. The van der Waals surface area contributed by atoms with Crippen LogP contribution in [0.5, 0.6) is 11.5 Å². The molecule has 0 aromatic carbocycles. The lowest BCUT2D eigenvalue weighted by Crippen LogP contribution is -2.25. The van der Waals surface area contributed by atoms with Gasteiger partial charge in [-0.1, -0.05) is 0 Å². The Morgan fingerprint density at radius 1 is 0.850 bits per heavy atom. The number of hydrogen-bond acceptors (Lipinski definition) is 4. The standard InChI is InChI=1S/C14H14N2O4/c1-19-13-5-7-15(17)9-11(13)3-4-12-10-16(18)8-6-14(12)20-2/h3-10H,1-2H3. The van der Waals surface area contributed by atoms with Crippen LogP contribution in [0.1, 0.15) is 11.1 Å². The molecule has 2 rings (SSSR count). The molecule has 0 spiro atoms. The summed E-state index contributed by atoms with van der Waals surface area (Å²) in [5.74, 6) is 1.14. The minimum atomic E-state index is 0.568. The molecule has 0 saturated carbocycles. The molecule has 6 nitrogen and oxygen atoms in total. The lowest BCUT2D eigenvalue weighted by atomic mass is 10.2. The minimum absolute atomic E-state index is 0.568. The van der Waals surface area contributed by atoms with Crippen molar-refractivity contribution in [2.45, 2.75) is 0 Å². The molecule has 0 aliphatic rings. The third kappa shape index (κ3) is 2.97. The van der Waals surface area contributed by atoms with Gasteiger partial charge in [-0.2, -0.15) is 9.46 Å². The zero-order valence-electron chi connectivity index (χ0n) is 11.1. The summed E-state index contributed by atoms with van der Waals surface area (Å²) in [7, 11) is 3.05. The van der Waals surface area contributed by atoms with Crippen LogP contribution in [-0.2, 0) is 0 Å². The fourth-order valence-electron chi connectivity index (χ4n) is 1.76. The molecule has 0 radical (unpaired) electrons. The largest absolute Gasteiger partial charge is 0.619 e. The van der Waals surface area contributed by atoms with E-state index in [1.807, 2.05) is 0 Å². The van der Waals surface area contributed by atoms with Gasteiger partial charge in [-0.15, -0.1) is 0 Å². The summed E-state index contributed by atoms with van der Waals surface area (Å²) in [5.41, 5.74) is 1.21. The second kappa shape index (κ2) is 5.92. The maximum atomic E-state index is 11.3. The zero-order chi connectivity index (χ0) is 14.5. The number of pyridine rings is 2. The molecule has 0 atom stereocenters. The van der Waals surface area contributed by atoms with Crippen molar-refractivity contribution in [3.8, 4) is 11.5 Å². The maximum absolute atomic E-state index is 11.3.